The number of carboxylic acid groups (broad SMARTS) is 1. The summed E-state index contributed by atoms with van der Waals surface area (Å²) in [6.07, 6.45) is 3.24. The fourth-order valence-electron chi connectivity index (χ4n) is 7.29. The van der Waals surface area contributed by atoms with Gasteiger partial charge in [0.1, 0.15) is 42.5 Å². The van der Waals surface area contributed by atoms with Gasteiger partial charge in [0.2, 0.25) is 41.4 Å². The monoisotopic (exact) mass is 1050 g/mol. The van der Waals surface area contributed by atoms with Crippen LogP contribution in [0.2, 0.25) is 0 Å². The molecule has 0 spiro atoms. The molecule has 2 aromatic carbocycles. The van der Waals surface area contributed by atoms with E-state index in [2.05, 4.69) is 57.5 Å². The predicted molar refractivity (Wildman–Crippen MR) is 283 cm³/mol. The van der Waals surface area contributed by atoms with Gasteiger partial charge in [0, 0.05) is 56.4 Å². The van der Waals surface area contributed by atoms with Crippen LogP contribution in [0.1, 0.15) is 76.3 Å². The number of nitrogens with one attached hydrogen (secondary N) is 9. The fourth-order valence-corrected chi connectivity index (χ4v) is 7.29. The van der Waals surface area contributed by atoms with Crippen LogP contribution in [0.3, 0.4) is 0 Å². The predicted octanol–water partition coefficient (Wildman–Crippen LogP) is -2.87. The average molecular weight is 1050 g/mol. The van der Waals surface area contributed by atoms with E-state index in [0.29, 0.717) is 30.4 Å². The van der Waals surface area contributed by atoms with Crippen LogP contribution < -0.4 is 71.2 Å². The number of amides is 7. The van der Waals surface area contributed by atoms with Crippen LogP contribution in [-0.4, -0.2) is 152 Å². The number of aliphatic carboxylic acids is 1. The standard InChI is InChI=1S/C45H65N13O10.C4H11N3/c1-27(60)51-26-38(61)53-32(15-8-20-49-2)39(62)55-34(18-19-46)41(64)57-36(23-28-11-4-3-5-12-28)42(65)54-33(16-9-21-50-45(47)48)40(63)58-37(43(66)56-35(44(67)68)17-10-22-59)24-29-25-52-31-14-7-6-13-30(29)31;1-2-3-7-4(5)6/h3-7,11-14,22,25,32-37,49,52H,8-10,15-21,23-24,26,46H2,1-2H3,(H,51,60)(H,53,61)(H,54,65)(H,55,62)(H,56,66)(H,57,64)(H,58,63)(H,67,68)(H4,47,48,50);2-3H2,1H3,(H4,5,6,7)/t32?,33-,34-,35?,36?,37-;/m0./s1. The van der Waals surface area contributed by atoms with Crippen LogP contribution in [0.4, 0.5) is 0 Å². The van der Waals surface area contributed by atoms with Crippen molar-refractivity contribution in [2.45, 2.75) is 114 Å². The van der Waals surface area contributed by atoms with Crippen LogP contribution in [0.15, 0.2) is 70.8 Å². The lowest BCUT2D eigenvalue weighted by Crippen LogP contribution is -2.60. The SMILES string of the molecule is CCCN=C(N)N.CNCCCC(NC(=O)CNC(C)=O)C(=O)N[C@@H](CCN)C(=O)NC(Cc1ccccc1)C(=O)N[C@@H](CCCN=C(N)N)C(=O)N[C@@H](Cc1c[nH]c2ccccc12)C(=O)NC(CCC=O)C(=O)O. The number of aliphatic imine (C=N–C) groups is 2. The quantitative estimate of drug-likeness (QED) is 0.0126. The van der Waals surface area contributed by atoms with E-state index in [0.717, 1.165) is 23.9 Å². The Labute approximate surface area is 435 Å². The van der Waals surface area contributed by atoms with E-state index in [9.17, 15) is 48.3 Å². The third-order valence-corrected chi connectivity index (χ3v) is 11.1. The molecule has 3 unspecified atom stereocenters. The molecule has 26 nitrogen and oxygen atoms in total. The molecule has 0 saturated heterocycles. The summed E-state index contributed by atoms with van der Waals surface area (Å²) in [5.41, 5.74) is 28.9. The van der Waals surface area contributed by atoms with E-state index in [1.807, 2.05) is 13.0 Å². The number of para-hydroxylation sites is 1. The van der Waals surface area contributed by atoms with Crippen molar-refractivity contribution >= 4 is 76.4 Å². The molecule has 0 aliphatic rings. The minimum absolute atomic E-state index is 0.0482. The zero-order chi connectivity index (χ0) is 55.7. The zero-order valence-corrected chi connectivity index (χ0v) is 42.8. The lowest BCUT2D eigenvalue weighted by molar-refractivity contribution is -0.142. The highest BCUT2D eigenvalue weighted by atomic mass is 16.4. The molecule has 1 aromatic heterocycles. The number of aromatic nitrogens is 1. The topological polar surface area (TPSA) is 441 Å². The van der Waals surface area contributed by atoms with E-state index >= 15 is 0 Å². The first-order valence-corrected chi connectivity index (χ1v) is 24.6. The highest BCUT2D eigenvalue weighted by molar-refractivity contribution is 5.97. The maximum absolute atomic E-state index is 14.4. The summed E-state index contributed by atoms with van der Waals surface area (Å²) in [4.78, 5) is 128. The Morgan fingerprint density at radius 3 is 1.72 bits per heavy atom. The highest BCUT2D eigenvalue weighted by Gasteiger charge is 2.34. The van der Waals surface area contributed by atoms with Crippen molar-refractivity contribution < 1.29 is 48.3 Å². The number of H-pyrrole nitrogens is 1. The van der Waals surface area contributed by atoms with Gasteiger partial charge in [0.25, 0.3) is 0 Å². The Hall–Kier alpha value is -8.13. The van der Waals surface area contributed by atoms with Gasteiger partial charge in [-0.3, -0.25) is 43.5 Å². The smallest absolute Gasteiger partial charge is 0.326 e. The first kappa shape index (κ1) is 63.0. The highest BCUT2D eigenvalue weighted by Crippen LogP contribution is 2.20. The lowest BCUT2D eigenvalue weighted by atomic mass is 10.0. The molecular weight excluding hydrogens is 973 g/mol. The summed E-state index contributed by atoms with van der Waals surface area (Å²) in [5, 5.41) is 31.6. The number of guanidine groups is 2. The number of carboxylic acids is 1. The van der Waals surface area contributed by atoms with Crippen molar-refractivity contribution in [1.82, 2.24) is 47.5 Å². The van der Waals surface area contributed by atoms with Gasteiger partial charge >= 0.3 is 5.97 Å². The minimum Gasteiger partial charge on any atom is -0.480 e. The zero-order valence-electron chi connectivity index (χ0n) is 42.8. The van der Waals surface area contributed by atoms with E-state index < -0.39 is 83.6 Å². The molecule has 20 N–H and O–H groups in total. The van der Waals surface area contributed by atoms with Gasteiger partial charge in [0.15, 0.2) is 11.9 Å². The molecule has 1 heterocycles. The summed E-state index contributed by atoms with van der Waals surface area (Å²) < 4.78 is 0. The summed E-state index contributed by atoms with van der Waals surface area (Å²) in [7, 11) is 1.72. The largest absolute Gasteiger partial charge is 0.480 e. The van der Waals surface area contributed by atoms with Crippen LogP contribution in [0.25, 0.3) is 10.9 Å². The molecular formula is C49H76N16O10. The summed E-state index contributed by atoms with van der Waals surface area (Å²) in [5.74, 6) is -6.55. The number of hydrogen-bond donors (Lipinski definition) is 15. The Bertz CT molecular complexity index is 2370. The number of aromatic amines is 1. The van der Waals surface area contributed by atoms with Crippen LogP contribution in [-0.2, 0) is 56.0 Å². The number of carbonyl (C=O) groups excluding carboxylic acids is 8. The average Bonchev–Trinajstić information content (AvgIpc) is 3.78. The normalized spacial score (nSPS) is 13.0. The molecule has 0 radical (unpaired) electrons. The maximum atomic E-state index is 14.4. The third-order valence-electron chi connectivity index (χ3n) is 11.1. The molecule has 3 rings (SSSR count). The van der Waals surface area contributed by atoms with Crippen molar-refractivity contribution in [1.29, 1.82) is 0 Å². The number of benzene rings is 2. The van der Waals surface area contributed by atoms with E-state index in [1.165, 1.54) is 6.92 Å². The molecule has 0 fully saturated rings. The molecule has 26 heteroatoms. The molecule has 0 bridgehead atoms. The number of hydrogen-bond acceptors (Lipinski definition) is 13. The maximum Gasteiger partial charge on any atom is 0.326 e. The van der Waals surface area contributed by atoms with Gasteiger partial charge in [-0.15, -0.1) is 0 Å². The number of fused-ring (bicyclic) bond motifs is 1. The Kier molecular flexibility index (Phi) is 29.5. The molecule has 6 atom stereocenters. The Balaban J connectivity index is 0.00000256. The van der Waals surface area contributed by atoms with Gasteiger partial charge in [-0.2, -0.15) is 0 Å². The van der Waals surface area contributed by atoms with Crippen LogP contribution >= 0.6 is 0 Å². The van der Waals surface area contributed by atoms with Crippen molar-refractivity contribution in [3.63, 3.8) is 0 Å². The number of nitrogens with two attached hydrogens (primary N) is 5. The van der Waals surface area contributed by atoms with E-state index in [-0.39, 0.29) is 82.9 Å². The van der Waals surface area contributed by atoms with Crippen molar-refractivity contribution in [3.05, 3.63) is 71.9 Å². The first-order valence-electron chi connectivity index (χ1n) is 24.6. The molecule has 412 valence electrons. The molecule has 7 amide bonds. The summed E-state index contributed by atoms with van der Waals surface area (Å²) >= 11 is 0. The molecule has 0 saturated carbocycles. The second-order valence-electron chi connectivity index (χ2n) is 17.2. The molecule has 3 aromatic rings. The second kappa shape index (κ2) is 35.1. The Morgan fingerprint density at radius 1 is 0.653 bits per heavy atom. The van der Waals surface area contributed by atoms with Gasteiger partial charge in [-0.05, 0) is 82.3 Å². The van der Waals surface area contributed by atoms with Crippen LogP contribution in [0, 0.1) is 0 Å². The summed E-state index contributed by atoms with van der Waals surface area (Å²) in [6, 6.07) is 7.87. The van der Waals surface area contributed by atoms with Crippen molar-refractivity contribution in [3.8, 4) is 0 Å². The Morgan fingerprint density at radius 2 is 1.17 bits per heavy atom. The van der Waals surface area contributed by atoms with Crippen molar-refractivity contribution in [2.24, 2.45) is 38.7 Å². The number of carbonyl (C=O) groups is 9. The molecule has 75 heavy (non-hydrogen) atoms. The van der Waals surface area contributed by atoms with E-state index in [4.69, 9.17) is 28.7 Å². The van der Waals surface area contributed by atoms with Gasteiger partial charge in [-0.1, -0.05) is 55.5 Å². The summed E-state index contributed by atoms with van der Waals surface area (Å²) in [6.45, 7) is 4.10. The fraction of sp³-hybridized carbons (Fsp3) is 0.490. The second-order valence-corrected chi connectivity index (χ2v) is 17.2. The van der Waals surface area contributed by atoms with Crippen LogP contribution in [0.5, 0.6) is 0 Å². The molecule has 0 aliphatic carbocycles. The first-order chi connectivity index (χ1) is 35.8. The third kappa shape index (κ3) is 24.9. The van der Waals surface area contributed by atoms with Crippen molar-refractivity contribution in [2.75, 3.05) is 39.8 Å². The lowest BCUT2D eigenvalue weighted by Gasteiger charge is -2.27. The molecule has 0 aliphatic heterocycles. The van der Waals surface area contributed by atoms with Gasteiger partial charge in [-0.25, -0.2) is 4.79 Å². The number of nitrogens with zero attached hydrogens (tertiary/aromatic N) is 2. The van der Waals surface area contributed by atoms with E-state index in [1.54, 1.807) is 61.8 Å². The van der Waals surface area contributed by atoms with Gasteiger partial charge in [0.05, 0.1) is 6.54 Å². The number of aldehydes is 1. The number of rotatable bonds is 33. The minimum atomic E-state index is -1.46. The van der Waals surface area contributed by atoms with Gasteiger partial charge < -0.3 is 86.1 Å².